The fourth-order valence-corrected chi connectivity index (χ4v) is 5.03. The number of fused-ring (bicyclic) bond motifs is 5. The Kier molecular flexibility index (Phi) is 2.63. The summed E-state index contributed by atoms with van der Waals surface area (Å²) in [5.41, 5.74) is 1.00. The molecule has 102 valence electrons. The molecule has 1 aromatic rings. The van der Waals surface area contributed by atoms with Gasteiger partial charge < -0.3 is 9.84 Å². The number of aliphatic hydroxyl groups excluding tert-OH is 1. The van der Waals surface area contributed by atoms with E-state index in [2.05, 4.69) is 0 Å². The first kappa shape index (κ1) is 11.8. The van der Waals surface area contributed by atoms with Crippen molar-refractivity contribution in [1.29, 1.82) is 0 Å². The van der Waals surface area contributed by atoms with E-state index in [0.29, 0.717) is 12.5 Å². The molecule has 0 saturated heterocycles. The van der Waals surface area contributed by atoms with Crippen molar-refractivity contribution in [3.63, 3.8) is 0 Å². The zero-order valence-corrected chi connectivity index (χ0v) is 11.5. The second kappa shape index (κ2) is 4.24. The molecule has 2 heteroatoms. The normalized spacial score (nSPS) is 40.0. The minimum absolute atomic E-state index is 0.318. The van der Waals surface area contributed by atoms with Crippen molar-refractivity contribution < 1.29 is 9.84 Å². The quantitative estimate of drug-likeness (QED) is 0.896. The predicted molar refractivity (Wildman–Crippen MR) is 73.9 cm³/mol. The molecule has 1 N–H and O–H groups in total. The topological polar surface area (TPSA) is 29.5 Å². The van der Waals surface area contributed by atoms with Crippen LogP contribution in [0.4, 0.5) is 0 Å². The van der Waals surface area contributed by atoms with Gasteiger partial charge in [-0.3, -0.25) is 0 Å². The van der Waals surface area contributed by atoms with Crippen LogP contribution in [0.3, 0.4) is 0 Å². The van der Waals surface area contributed by atoms with Gasteiger partial charge in [-0.15, -0.1) is 0 Å². The Morgan fingerprint density at radius 1 is 1.21 bits per heavy atom. The molecule has 5 unspecified atom stereocenters. The third-order valence-electron chi connectivity index (χ3n) is 5.70. The molecule has 4 rings (SSSR count). The summed E-state index contributed by atoms with van der Waals surface area (Å²) >= 11 is 0. The van der Waals surface area contributed by atoms with Crippen LogP contribution in [0.1, 0.15) is 37.9 Å². The molecule has 3 saturated carbocycles. The van der Waals surface area contributed by atoms with Gasteiger partial charge in [0, 0.05) is 5.56 Å². The number of hydrogen-bond donors (Lipinski definition) is 1. The summed E-state index contributed by atoms with van der Waals surface area (Å²) in [6, 6.07) is 8.01. The third-order valence-corrected chi connectivity index (χ3v) is 5.70. The molecule has 2 nitrogen and oxygen atoms in total. The number of para-hydroxylation sites is 1. The fraction of sp³-hybridized carbons (Fsp3) is 0.647. The van der Waals surface area contributed by atoms with Gasteiger partial charge in [0.15, 0.2) is 0 Å². The van der Waals surface area contributed by atoms with Crippen molar-refractivity contribution in [2.75, 3.05) is 6.61 Å². The minimum atomic E-state index is -0.318. The zero-order valence-electron chi connectivity index (χ0n) is 11.5. The molecule has 1 aromatic carbocycles. The number of aliphatic hydroxyl groups is 1. The van der Waals surface area contributed by atoms with E-state index >= 15 is 0 Å². The second-order valence-corrected chi connectivity index (χ2v) is 6.48. The Bertz CT molecular complexity index is 468. The fourth-order valence-electron chi connectivity index (χ4n) is 5.03. The number of rotatable bonds is 4. The van der Waals surface area contributed by atoms with E-state index in [-0.39, 0.29) is 6.10 Å². The Labute approximate surface area is 114 Å². The predicted octanol–water partition coefficient (Wildman–Crippen LogP) is 3.41. The number of benzene rings is 1. The average Bonchev–Trinajstić information content (AvgIpc) is 2.87. The van der Waals surface area contributed by atoms with Crippen LogP contribution in [-0.2, 0) is 0 Å². The van der Waals surface area contributed by atoms with Gasteiger partial charge in [-0.25, -0.2) is 0 Å². The molecule has 2 bridgehead atoms. The maximum Gasteiger partial charge on any atom is 0.125 e. The Morgan fingerprint density at radius 3 is 2.58 bits per heavy atom. The van der Waals surface area contributed by atoms with Gasteiger partial charge in [-0.2, -0.15) is 0 Å². The lowest BCUT2D eigenvalue weighted by atomic mass is 9.94. The van der Waals surface area contributed by atoms with Crippen molar-refractivity contribution in [2.24, 2.45) is 29.6 Å². The van der Waals surface area contributed by atoms with Crippen LogP contribution in [0.2, 0.25) is 0 Å². The molecular weight excluding hydrogens is 236 g/mol. The molecule has 0 radical (unpaired) electrons. The maximum atomic E-state index is 10.8. The van der Waals surface area contributed by atoms with Crippen LogP contribution in [0.5, 0.6) is 5.75 Å². The highest BCUT2D eigenvalue weighted by Gasteiger charge is 2.66. The molecule has 3 aliphatic carbocycles. The van der Waals surface area contributed by atoms with Gasteiger partial charge in [-0.05, 0) is 61.8 Å². The van der Waals surface area contributed by atoms with Crippen molar-refractivity contribution in [3.8, 4) is 5.75 Å². The van der Waals surface area contributed by atoms with Crippen molar-refractivity contribution in [2.45, 2.75) is 32.3 Å². The average molecular weight is 258 g/mol. The van der Waals surface area contributed by atoms with Gasteiger partial charge in [0.2, 0.25) is 0 Å². The lowest BCUT2D eigenvalue weighted by Gasteiger charge is -2.18. The summed E-state index contributed by atoms with van der Waals surface area (Å²) in [6.07, 6.45) is 3.93. The molecule has 0 spiro atoms. The van der Waals surface area contributed by atoms with E-state index in [4.69, 9.17) is 4.74 Å². The van der Waals surface area contributed by atoms with Gasteiger partial charge in [0.05, 0.1) is 12.7 Å². The Hall–Kier alpha value is -1.02. The number of hydrogen-bond acceptors (Lipinski definition) is 2. The van der Waals surface area contributed by atoms with E-state index in [1.807, 2.05) is 31.2 Å². The zero-order chi connectivity index (χ0) is 13.0. The molecular formula is C17H22O2. The molecule has 0 aromatic heterocycles. The summed E-state index contributed by atoms with van der Waals surface area (Å²) in [5, 5.41) is 10.8. The van der Waals surface area contributed by atoms with Gasteiger partial charge >= 0.3 is 0 Å². The summed E-state index contributed by atoms with van der Waals surface area (Å²) < 4.78 is 5.67. The van der Waals surface area contributed by atoms with E-state index < -0.39 is 0 Å². The Morgan fingerprint density at radius 2 is 1.89 bits per heavy atom. The molecule has 3 fully saturated rings. The van der Waals surface area contributed by atoms with Crippen molar-refractivity contribution >= 4 is 0 Å². The first-order valence-corrected chi connectivity index (χ1v) is 7.71. The third kappa shape index (κ3) is 1.66. The molecule has 19 heavy (non-hydrogen) atoms. The monoisotopic (exact) mass is 258 g/mol. The minimum Gasteiger partial charge on any atom is -0.493 e. The van der Waals surface area contributed by atoms with Gasteiger partial charge in [0.25, 0.3) is 0 Å². The van der Waals surface area contributed by atoms with E-state index in [1.165, 1.54) is 19.3 Å². The molecule has 0 heterocycles. The molecule has 0 amide bonds. The molecule has 5 atom stereocenters. The highest BCUT2D eigenvalue weighted by Crippen LogP contribution is 2.72. The highest BCUT2D eigenvalue weighted by atomic mass is 16.5. The van der Waals surface area contributed by atoms with Crippen LogP contribution >= 0.6 is 0 Å². The summed E-state index contributed by atoms with van der Waals surface area (Å²) in [6.45, 7) is 2.65. The largest absolute Gasteiger partial charge is 0.493 e. The lowest BCUT2D eigenvalue weighted by molar-refractivity contribution is 0.126. The lowest BCUT2D eigenvalue weighted by Crippen LogP contribution is -2.10. The molecule has 0 aliphatic heterocycles. The van der Waals surface area contributed by atoms with Crippen molar-refractivity contribution in [3.05, 3.63) is 29.8 Å². The van der Waals surface area contributed by atoms with E-state index in [9.17, 15) is 5.11 Å². The van der Waals surface area contributed by atoms with Crippen LogP contribution in [0, 0.1) is 29.6 Å². The second-order valence-electron chi connectivity index (χ2n) is 6.48. The van der Waals surface area contributed by atoms with E-state index in [0.717, 1.165) is 35.0 Å². The highest BCUT2D eigenvalue weighted by molar-refractivity contribution is 5.37. The van der Waals surface area contributed by atoms with Crippen molar-refractivity contribution in [1.82, 2.24) is 0 Å². The molecule has 3 aliphatic rings. The smallest absolute Gasteiger partial charge is 0.125 e. The summed E-state index contributed by atoms with van der Waals surface area (Å²) in [7, 11) is 0. The van der Waals surface area contributed by atoms with Gasteiger partial charge in [-0.1, -0.05) is 18.2 Å². The van der Waals surface area contributed by atoms with Gasteiger partial charge in [0.1, 0.15) is 5.75 Å². The standard InChI is InChI=1S/C17H22O2/c1-2-19-13-6-4-3-5-12(13)17(18)16-14-10-7-8-11(9-10)15(14)16/h3-6,10-11,14-18H,2,7-9H2,1H3. The van der Waals surface area contributed by atoms with Crippen LogP contribution < -0.4 is 4.74 Å². The summed E-state index contributed by atoms with van der Waals surface area (Å²) in [5.74, 6) is 4.82. The Balaban J connectivity index is 1.57. The summed E-state index contributed by atoms with van der Waals surface area (Å²) in [4.78, 5) is 0. The first-order chi connectivity index (χ1) is 9.31. The van der Waals surface area contributed by atoms with Crippen LogP contribution in [0.15, 0.2) is 24.3 Å². The van der Waals surface area contributed by atoms with Crippen LogP contribution in [-0.4, -0.2) is 11.7 Å². The number of ether oxygens (including phenoxy) is 1. The first-order valence-electron chi connectivity index (χ1n) is 7.71. The SMILES string of the molecule is CCOc1ccccc1C(O)C1C2C3CCC(C3)C21. The van der Waals surface area contributed by atoms with Crippen LogP contribution in [0.25, 0.3) is 0 Å². The van der Waals surface area contributed by atoms with E-state index in [1.54, 1.807) is 0 Å². The maximum absolute atomic E-state index is 10.8.